The van der Waals surface area contributed by atoms with Crippen molar-refractivity contribution in [3.63, 3.8) is 0 Å². The number of nitrogens with one attached hydrogen (secondary N) is 1. The van der Waals surface area contributed by atoms with Crippen LogP contribution < -0.4 is 5.32 Å². The highest BCUT2D eigenvalue weighted by atomic mass is 16.5. The predicted octanol–water partition coefficient (Wildman–Crippen LogP) is 3.22. The molecule has 130 valence electrons. The molecule has 0 aliphatic rings. The zero-order valence-electron chi connectivity index (χ0n) is 14.1. The topological polar surface area (TPSA) is 68.3 Å². The third kappa shape index (κ3) is 4.77. The molecule has 5 nitrogen and oxygen atoms in total. The normalized spacial score (nSPS) is 10.2. The monoisotopic (exact) mass is 346 g/mol. The Balaban J connectivity index is 1.49. The Morgan fingerprint density at radius 3 is 2.23 bits per heavy atom. The Kier molecular flexibility index (Phi) is 5.72. The average molecular weight is 346 g/mol. The number of carbonyl (C=O) groups is 2. The maximum atomic E-state index is 12.1. The van der Waals surface area contributed by atoms with Crippen LogP contribution in [0.4, 0.5) is 0 Å². The standard InChI is InChI=1S/C21H18N2O3/c24-20(26-15-16-7-3-1-4-8-16)14-23-21(25)18-11-12-19(22-13-18)17-9-5-2-6-10-17/h1-13H,14-15H2,(H,23,25). The average Bonchev–Trinajstić information content (AvgIpc) is 2.72. The molecule has 0 saturated heterocycles. The molecule has 0 bridgehead atoms. The predicted molar refractivity (Wildman–Crippen MR) is 98.2 cm³/mol. The highest BCUT2D eigenvalue weighted by Crippen LogP contribution is 2.16. The maximum Gasteiger partial charge on any atom is 0.325 e. The first-order chi connectivity index (χ1) is 12.7. The van der Waals surface area contributed by atoms with Crippen molar-refractivity contribution in [2.24, 2.45) is 0 Å². The molecule has 26 heavy (non-hydrogen) atoms. The largest absolute Gasteiger partial charge is 0.460 e. The Labute approximate surface area is 151 Å². The van der Waals surface area contributed by atoms with E-state index in [1.54, 1.807) is 12.1 Å². The fourth-order valence-electron chi connectivity index (χ4n) is 2.35. The minimum atomic E-state index is -0.490. The fraction of sp³-hybridized carbons (Fsp3) is 0.0952. The second-order valence-corrected chi connectivity index (χ2v) is 5.63. The highest BCUT2D eigenvalue weighted by molar-refractivity contribution is 5.95. The van der Waals surface area contributed by atoms with Crippen LogP contribution in [0.25, 0.3) is 11.3 Å². The van der Waals surface area contributed by atoms with Gasteiger partial charge in [-0.3, -0.25) is 14.6 Å². The van der Waals surface area contributed by atoms with Crippen molar-refractivity contribution < 1.29 is 14.3 Å². The number of hydrogen-bond acceptors (Lipinski definition) is 4. The van der Waals surface area contributed by atoms with E-state index in [9.17, 15) is 9.59 Å². The second kappa shape index (κ2) is 8.58. The summed E-state index contributed by atoms with van der Waals surface area (Å²) in [7, 11) is 0. The summed E-state index contributed by atoms with van der Waals surface area (Å²) in [5, 5.41) is 2.54. The third-order valence-electron chi connectivity index (χ3n) is 3.73. The minimum Gasteiger partial charge on any atom is -0.460 e. The van der Waals surface area contributed by atoms with Crippen LogP contribution in [0.1, 0.15) is 15.9 Å². The van der Waals surface area contributed by atoms with Gasteiger partial charge in [0.15, 0.2) is 0 Å². The van der Waals surface area contributed by atoms with E-state index in [4.69, 9.17) is 4.74 Å². The number of rotatable bonds is 6. The van der Waals surface area contributed by atoms with Crippen LogP contribution in [0.3, 0.4) is 0 Å². The summed E-state index contributed by atoms with van der Waals surface area (Å²) in [5.74, 6) is -0.857. The summed E-state index contributed by atoms with van der Waals surface area (Å²) < 4.78 is 5.12. The van der Waals surface area contributed by atoms with Crippen LogP contribution in [0.2, 0.25) is 0 Å². The van der Waals surface area contributed by atoms with Gasteiger partial charge in [-0.25, -0.2) is 0 Å². The van der Waals surface area contributed by atoms with E-state index in [2.05, 4.69) is 10.3 Å². The van der Waals surface area contributed by atoms with Crippen molar-refractivity contribution in [1.82, 2.24) is 10.3 Å². The molecule has 2 aromatic carbocycles. The number of carbonyl (C=O) groups excluding carboxylic acids is 2. The van der Waals surface area contributed by atoms with Crippen LogP contribution in [-0.4, -0.2) is 23.4 Å². The molecule has 1 amide bonds. The smallest absolute Gasteiger partial charge is 0.325 e. The molecule has 3 aromatic rings. The van der Waals surface area contributed by atoms with E-state index in [1.165, 1.54) is 6.20 Å². The molecule has 1 heterocycles. The Morgan fingerprint density at radius 1 is 0.885 bits per heavy atom. The first kappa shape index (κ1) is 17.4. The van der Waals surface area contributed by atoms with Gasteiger partial charge in [0.2, 0.25) is 0 Å². The summed E-state index contributed by atoms with van der Waals surface area (Å²) in [6.45, 7) is -0.00498. The number of benzene rings is 2. The maximum absolute atomic E-state index is 12.1. The molecule has 0 aliphatic carbocycles. The van der Waals surface area contributed by atoms with Gasteiger partial charge < -0.3 is 10.1 Å². The summed E-state index contributed by atoms with van der Waals surface area (Å²) in [5.41, 5.74) is 3.04. The van der Waals surface area contributed by atoms with Crippen molar-refractivity contribution in [2.75, 3.05) is 6.54 Å². The lowest BCUT2D eigenvalue weighted by molar-refractivity contribution is -0.143. The van der Waals surface area contributed by atoms with E-state index < -0.39 is 5.97 Å². The van der Waals surface area contributed by atoms with Crippen molar-refractivity contribution in [1.29, 1.82) is 0 Å². The van der Waals surface area contributed by atoms with Crippen LogP contribution in [-0.2, 0) is 16.1 Å². The van der Waals surface area contributed by atoms with Gasteiger partial charge in [0.05, 0.1) is 11.3 Å². The highest BCUT2D eigenvalue weighted by Gasteiger charge is 2.10. The van der Waals surface area contributed by atoms with Crippen molar-refractivity contribution in [3.05, 3.63) is 90.1 Å². The van der Waals surface area contributed by atoms with Gasteiger partial charge in [-0.15, -0.1) is 0 Å². The molecule has 0 aliphatic heterocycles. The van der Waals surface area contributed by atoms with Gasteiger partial charge in [0, 0.05) is 11.8 Å². The van der Waals surface area contributed by atoms with Crippen molar-refractivity contribution in [3.8, 4) is 11.3 Å². The van der Waals surface area contributed by atoms with Crippen molar-refractivity contribution >= 4 is 11.9 Å². The molecule has 0 spiro atoms. The molecule has 0 atom stereocenters. The molecule has 0 radical (unpaired) electrons. The van der Waals surface area contributed by atoms with Crippen LogP contribution >= 0.6 is 0 Å². The molecule has 3 rings (SSSR count). The van der Waals surface area contributed by atoms with Crippen LogP contribution in [0.5, 0.6) is 0 Å². The van der Waals surface area contributed by atoms with Gasteiger partial charge >= 0.3 is 5.97 Å². The second-order valence-electron chi connectivity index (χ2n) is 5.63. The molecule has 0 saturated carbocycles. The van der Waals surface area contributed by atoms with E-state index in [1.807, 2.05) is 60.7 Å². The molecule has 5 heteroatoms. The number of hydrogen-bond donors (Lipinski definition) is 1. The van der Waals surface area contributed by atoms with Crippen LogP contribution in [0.15, 0.2) is 79.0 Å². The first-order valence-corrected chi connectivity index (χ1v) is 8.21. The Bertz CT molecular complexity index is 863. The number of pyridine rings is 1. The molecule has 0 fully saturated rings. The van der Waals surface area contributed by atoms with E-state index in [0.717, 1.165) is 16.8 Å². The van der Waals surface area contributed by atoms with Gasteiger partial charge in [-0.1, -0.05) is 60.7 Å². The van der Waals surface area contributed by atoms with Gasteiger partial charge in [0.25, 0.3) is 5.91 Å². The zero-order valence-corrected chi connectivity index (χ0v) is 14.1. The Hall–Kier alpha value is -3.47. The lowest BCUT2D eigenvalue weighted by atomic mass is 10.1. The summed E-state index contributed by atoms with van der Waals surface area (Å²) in [6, 6.07) is 22.5. The summed E-state index contributed by atoms with van der Waals surface area (Å²) in [6.07, 6.45) is 1.49. The molecular weight excluding hydrogens is 328 g/mol. The number of nitrogens with zero attached hydrogens (tertiary/aromatic N) is 1. The zero-order chi connectivity index (χ0) is 18.2. The SMILES string of the molecule is O=C(CNC(=O)c1ccc(-c2ccccc2)nc1)OCc1ccccc1. The fourth-order valence-corrected chi connectivity index (χ4v) is 2.35. The van der Waals surface area contributed by atoms with Gasteiger partial charge in [-0.2, -0.15) is 0 Å². The molecule has 1 aromatic heterocycles. The summed E-state index contributed by atoms with van der Waals surface area (Å²) in [4.78, 5) is 28.1. The number of ether oxygens (including phenoxy) is 1. The lowest BCUT2D eigenvalue weighted by Gasteiger charge is -2.07. The van der Waals surface area contributed by atoms with E-state index >= 15 is 0 Å². The number of amides is 1. The Morgan fingerprint density at radius 2 is 1.58 bits per heavy atom. The van der Waals surface area contributed by atoms with Gasteiger partial charge in [-0.05, 0) is 17.7 Å². The van der Waals surface area contributed by atoms with Crippen LogP contribution in [0, 0.1) is 0 Å². The summed E-state index contributed by atoms with van der Waals surface area (Å²) >= 11 is 0. The number of aromatic nitrogens is 1. The van der Waals surface area contributed by atoms with E-state index in [0.29, 0.717) is 5.56 Å². The first-order valence-electron chi connectivity index (χ1n) is 8.21. The molecule has 0 unspecified atom stereocenters. The van der Waals surface area contributed by atoms with Gasteiger partial charge in [0.1, 0.15) is 13.2 Å². The van der Waals surface area contributed by atoms with Crippen molar-refractivity contribution in [2.45, 2.75) is 6.61 Å². The lowest BCUT2D eigenvalue weighted by Crippen LogP contribution is -2.30. The minimum absolute atomic E-state index is 0.183. The van der Waals surface area contributed by atoms with E-state index in [-0.39, 0.29) is 19.1 Å². The number of esters is 1. The quantitative estimate of drug-likeness (QED) is 0.696. The molecule has 1 N–H and O–H groups in total. The molecular formula is C21H18N2O3. The third-order valence-corrected chi connectivity index (χ3v) is 3.73.